The van der Waals surface area contributed by atoms with Crippen molar-refractivity contribution >= 4 is 5.97 Å². The number of carbonyl (C=O) groups is 1. The van der Waals surface area contributed by atoms with E-state index in [0.29, 0.717) is 11.6 Å². The van der Waals surface area contributed by atoms with Crippen LogP contribution in [0.15, 0.2) is 24.3 Å². The van der Waals surface area contributed by atoms with Crippen LogP contribution >= 0.6 is 0 Å². The molecule has 1 fully saturated rings. The summed E-state index contributed by atoms with van der Waals surface area (Å²) in [4.78, 5) is 13.1. The molecule has 1 aromatic carbocycles. The number of piperazine rings is 1. The summed E-state index contributed by atoms with van der Waals surface area (Å²) in [6.07, 6.45) is 0. The number of benzene rings is 1. The fraction of sp³-hybridized carbons (Fsp3) is 0.462. The van der Waals surface area contributed by atoms with E-state index in [4.69, 9.17) is 5.11 Å². The number of nitrogens with zero attached hydrogens (tertiary/aromatic N) is 1. The molecule has 1 aliphatic heterocycles. The van der Waals surface area contributed by atoms with Gasteiger partial charge in [-0.05, 0) is 24.6 Å². The highest BCUT2D eigenvalue weighted by molar-refractivity contribution is 5.87. The third kappa shape index (κ3) is 3.05. The summed E-state index contributed by atoms with van der Waals surface area (Å²) in [7, 11) is 0. The zero-order chi connectivity index (χ0) is 12.3. The molecule has 92 valence electrons. The van der Waals surface area contributed by atoms with E-state index < -0.39 is 5.97 Å². The molecule has 4 heteroatoms. The zero-order valence-corrected chi connectivity index (χ0v) is 10.0. The maximum Gasteiger partial charge on any atom is 0.335 e. The maximum atomic E-state index is 10.7. The van der Waals surface area contributed by atoms with E-state index in [0.717, 1.165) is 26.2 Å². The Bertz CT molecular complexity index is 389. The van der Waals surface area contributed by atoms with Crippen molar-refractivity contribution in [1.82, 2.24) is 10.2 Å². The predicted octanol–water partition coefficient (Wildman–Crippen LogP) is 1.18. The van der Waals surface area contributed by atoms with Crippen LogP contribution in [-0.2, 0) is 6.54 Å². The van der Waals surface area contributed by atoms with Crippen LogP contribution in [0.2, 0.25) is 0 Å². The Kier molecular flexibility index (Phi) is 3.76. The number of hydrogen-bond donors (Lipinski definition) is 2. The lowest BCUT2D eigenvalue weighted by Crippen LogP contribution is -2.49. The Labute approximate surface area is 101 Å². The van der Waals surface area contributed by atoms with Crippen LogP contribution in [0.25, 0.3) is 0 Å². The summed E-state index contributed by atoms with van der Waals surface area (Å²) < 4.78 is 0. The molecule has 0 aliphatic carbocycles. The van der Waals surface area contributed by atoms with E-state index >= 15 is 0 Å². The van der Waals surface area contributed by atoms with Gasteiger partial charge in [-0.15, -0.1) is 0 Å². The van der Waals surface area contributed by atoms with Gasteiger partial charge < -0.3 is 10.4 Å². The van der Waals surface area contributed by atoms with Crippen LogP contribution in [0, 0.1) is 0 Å². The lowest BCUT2D eigenvalue weighted by atomic mass is 10.1. The van der Waals surface area contributed by atoms with E-state index in [9.17, 15) is 4.79 Å². The van der Waals surface area contributed by atoms with Gasteiger partial charge in [-0.2, -0.15) is 0 Å². The average Bonchev–Trinajstić information content (AvgIpc) is 2.33. The number of carboxylic acids is 1. The predicted molar refractivity (Wildman–Crippen MR) is 66.1 cm³/mol. The summed E-state index contributed by atoms with van der Waals surface area (Å²) in [6.45, 7) is 6.19. The molecule has 4 nitrogen and oxygen atoms in total. The van der Waals surface area contributed by atoms with Gasteiger partial charge in [-0.3, -0.25) is 4.90 Å². The van der Waals surface area contributed by atoms with E-state index in [2.05, 4.69) is 17.1 Å². The summed E-state index contributed by atoms with van der Waals surface area (Å²) in [6, 6.07) is 7.67. The van der Waals surface area contributed by atoms with Gasteiger partial charge in [0.05, 0.1) is 5.56 Å². The fourth-order valence-corrected chi connectivity index (χ4v) is 2.11. The van der Waals surface area contributed by atoms with Crippen LogP contribution in [0.3, 0.4) is 0 Å². The first-order valence-corrected chi connectivity index (χ1v) is 5.94. The smallest absolute Gasteiger partial charge is 0.335 e. The van der Waals surface area contributed by atoms with E-state index in [-0.39, 0.29) is 0 Å². The van der Waals surface area contributed by atoms with Gasteiger partial charge in [0.15, 0.2) is 0 Å². The normalized spacial score (nSPS) is 21.4. The Hall–Kier alpha value is -1.39. The molecule has 0 aromatic heterocycles. The largest absolute Gasteiger partial charge is 0.478 e. The highest BCUT2D eigenvalue weighted by Gasteiger charge is 2.17. The second-order valence-electron chi connectivity index (χ2n) is 4.53. The van der Waals surface area contributed by atoms with Crippen molar-refractivity contribution < 1.29 is 9.90 Å². The summed E-state index contributed by atoms with van der Waals surface area (Å²) in [5.41, 5.74) is 1.52. The van der Waals surface area contributed by atoms with Gasteiger partial charge in [0.25, 0.3) is 0 Å². The molecule has 17 heavy (non-hydrogen) atoms. The second kappa shape index (κ2) is 5.29. The maximum absolute atomic E-state index is 10.7. The SMILES string of the molecule is C[C@@H]1CNCCN1Cc1ccc(C(=O)O)cc1. The molecule has 0 unspecified atom stereocenters. The number of rotatable bonds is 3. The number of aromatic carboxylic acids is 1. The van der Waals surface area contributed by atoms with E-state index in [1.165, 1.54) is 5.56 Å². The van der Waals surface area contributed by atoms with Gasteiger partial charge in [-0.25, -0.2) is 4.79 Å². The molecule has 0 amide bonds. The molecule has 0 radical (unpaired) electrons. The lowest BCUT2D eigenvalue weighted by molar-refractivity contribution is 0.0697. The molecule has 1 saturated heterocycles. The third-order valence-corrected chi connectivity index (χ3v) is 3.23. The fourth-order valence-electron chi connectivity index (χ4n) is 2.11. The van der Waals surface area contributed by atoms with Crippen LogP contribution < -0.4 is 5.32 Å². The Morgan fingerprint density at radius 3 is 2.76 bits per heavy atom. The molecule has 2 N–H and O–H groups in total. The molecular weight excluding hydrogens is 216 g/mol. The molecule has 1 aliphatic rings. The molecular formula is C13H18N2O2. The van der Waals surface area contributed by atoms with Crippen molar-refractivity contribution in [1.29, 1.82) is 0 Å². The first-order chi connectivity index (χ1) is 8.16. The second-order valence-corrected chi connectivity index (χ2v) is 4.53. The van der Waals surface area contributed by atoms with Crippen molar-refractivity contribution in [2.24, 2.45) is 0 Å². The topological polar surface area (TPSA) is 52.6 Å². The van der Waals surface area contributed by atoms with Gasteiger partial charge >= 0.3 is 5.97 Å². The van der Waals surface area contributed by atoms with E-state index in [1.807, 2.05) is 12.1 Å². The molecule has 0 bridgehead atoms. The molecule has 2 rings (SSSR count). The first-order valence-electron chi connectivity index (χ1n) is 5.94. The number of hydrogen-bond acceptors (Lipinski definition) is 3. The highest BCUT2D eigenvalue weighted by Crippen LogP contribution is 2.11. The van der Waals surface area contributed by atoms with Crippen molar-refractivity contribution in [3.05, 3.63) is 35.4 Å². The van der Waals surface area contributed by atoms with Crippen LogP contribution in [0.1, 0.15) is 22.8 Å². The van der Waals surface area contributed by atoms with Crippen molar-refractivity contribution in [3.8, 4) is 0 Å². The van der Waals surface area contributed by atoms with Gasteiger partial charge in [-0.1, -0.05) is 12.1 Å². The van der Waals surface area contributed by atoms with Crippen LogP contribution in [0.5, 0.6) is 0 Å². The summed E-state index contributed by atoms with van der Waals surface area (Å²) >= 11 is 0. The van der Waals surface area contributed by atoms with Gasteiger partial charge in [0.1, 0.15) is 0 Å². The monoisotopic (exact) mass is 234 g/mol. The summed E-state index contributed by atoms with van der Waals surface area (Å²) in [5, 5.41) is 12.2. The quantitative estimate of drug-likeness (QED) is 0.824. The average molecular weight is 234 g/mol. The van der Waals surface area contributed by atoms with E-state index in [1.54, 1.807) is 12.1 Å². The number of carboxylic acid groups (broad SMARTS) is 1. The molecule has 1 atom stereocenters. The molecule has 1 heterocycles. The zero-order valence-electron chi connectivity index (χ0n) is 10.0. The van der Waals surface area contributed by atoms with Crippen molar-refractivity contribution in [3.63, 3.8) is 0 Å². The van der Waals surface area contributed by atoms with Crippen molar-refractivity contribution in [2.45, 2.75) is 19.5 Å². The Morgan fingerprint density at radius 2 is 2.18 bits per heavy atom. The minimum Gasteiger partial charge on any atom is -0.478 e. The van der Waals surface area contributed by atoms with Gasteiger partial charge in [0, 0.05) is 32.2 Å². The highest BCUT2D eigenvalue weighted by atomic mass is 16.4. The van der Waals surface area contributed by atoms with Gasteiger partial charge in [0.2, 0.25) is 0 Å². The molecule has 0 spiro atoms. The van der Waals surface area contributed by atoms with Crippen molar-refractivity contribution in [2.75, 3.05) is 19.6 Å². The van der Waals surface area contributed by atoms with Crippen LogP contribution in [0.4, 0.5) is 0 Å². The first kappa shape index (κ1) is 12.1. The minimum absolute atomic E-state index is 0.349. The standard InChI is InChI=1S/C13H18N2O2/c1-10-8-14-6-7-15(10)9-11-2-4-12(5-3-11)13(16)17/h2-5,10,14H,6-9H2,1H3,(H,16,17)/t10-/m1/s1. The van der Waals surface area contributed by atoms with Crippen LogP contribution in [-0.4, -0.2) is 41.7 Å². The minimum atomic E-state index is -0.868. The summed E-state index contributed by atoms with van der Waals surface area (Å²) in [5.74, 6) is -0.868. The Balaban J connectivity index is 2.00. The molecule has 1 aromatic rings. The Morgan fingerprint density at radius 1 is 1.47 bits per heavy atom. The molecule has 0 saturated carbocycles. The lowest BCUT2D eigenvalue weighted by Gasteiger charge is -2.33. The number of nitrogens with one attached hydrogen (secondary N) is 1. The third-order valence-electron chi connectivity index (χ3n) is 3.23.